The normalized spacial score (nSPS) is 16.3. The molecule has 0 saturated carbocycles. The van der Waals surface area contributed by atoms with Crippen molar-refractivity contribution in [3.8, 4) is 0 Å². The first kappa shape index (κ1) is 24.4. The number of alkyl halides is 3. The number of benzene rings is 1. The molecule has 3 heterocycles. The van der Waals surface area contributed by atoms with Gasteiger partial charge in [-0.25, -0.2) is 14.1 Å². The first-order chi connectivity index (χ1) is 16.5. The number of hydrogen-bond acceptors (Lipinski definition) is 6. The maximum absolute atomic E-state index is 14.1. The van der Waals surface area contributed by atoms with Gasteiger partial charge in [-0.3, -0.25) is 9.59 Å². The molecule has 35 heavy (non-hydrogen) atoms. The molecule has 4 rings (SSSR count). The average Bonchev–Trinajstić information content (AvgIpc) is 3.28. The standard InChI is InChI=1S/C22H22F4N6O3/c1-31(10-12-5-6-13(8-15(12)23)22(24,25)26)21(34)20(33)29-16-9-28-19(27)14-11-32(30-18(14)16)17-4-2-3-7-35-17/h5-6,8-9,11,17H,2-4,7,10H2,1H3,(H2,27,28)(H,29,33). The van der Waals surface area contributed by atoms with E-state index in [1.54, 1.807) is 10.9 Å². The monoisotopic (exact) mass is 494 g/mol. The third-order valence-electron chi connectivity index (χ3n) is 5.62. The molecular formula is C22H22F4N6O3. The summed E-state index contributed by atoms with van der Waals surface area (Å²) in [5, 5.41) is 7.35. The van der Waals surface area contributed by atoms with Crippen molar-refractivity contribution >= 4 is 34.2 Å². The smallest absolute Gasteiger partial charge is 0.383 e. The minimum Gasteiger partial charge on any atom is -0.383 e. The van der Waals surface area contributed by atoms with Crippen LogP contribution in [-0.4, -0.2) is 45.1 Å². The number of nitrogens with zero attached hydrogens (tertiary/aromatic N) is 4. The van der Waals surface area contributed by atoms with Crippen molar-refractivity contribution in [1.82, 2.24) is 19.7 Å². The van der Waals surface area contributed by atoms with Crippen molar-refractivity contribution in [1.29, 1.82) is 0 Å². The number of fused-ring (bicyclic) bond motifs is 1. The van der Waals surface area contributed by atoms with Gasteiger partial charge in [0.05, 0.1) is 22.8 Å². The Labute approximate surface area is 196 Å². The SMILES string of the molecule is CN(Cc1ccc(C(F)(F)F)cc1F)C(=O)C(=O)Nc1cnc(N)c2cn(C3CCCCO3)nc12. The van der Waals surface area contributed by atoms with E-state index in [0.717, 1.165) is 30.2 Å². The van der Waals surface area contributed by atoms with Crippen LogP contribution in [0.2, 0.25) is 0 Å². The molecule has 1 aliphatic rings. The third kappa shape index (κ3) is 5.19. The van der Waals surface area contributed by atoms with Gasteiger partial charge in [0.25, 0.3) is 0 Å². The molecule has 1 saturated heterocycles. The minimum atomic E-state index is -4.70. The Morgan fingerprint density at radius 3 is 2.74 bits per heavy atom. The second kappa shape index (κ2) is 9.49. The van der Waals surface area contributed by atoms with Crippen LogP contribution >= 0.6 is 0 Å². The number of nitrogens with one attached hydrogen (secondary N) is 1. The summed E-state index contributed by atoms with van der Waals surface area (Å²) in [5.41, 5.74) is 5.06. The van der Waals surface area contributed by atoms with Gasteiger partial charge in [0.2, 0.25) is 0 Å². The number of likely N-dealkylation sites (N-methyl/N-ethyl adjacent to an activating group) is 1. The van der Waals surface area contributed by atoms with Gasteiger partial charge < -0.3 is 20.7 Å². The molecule has 1 aromatic carbocycles. The van der Waals surface area contributed by atoms with Crippen molar-refractivity contribution < 1.29 is 31.9 Å². The van der Waals surface area contributed by atoms with Crippen LogP contribution < -0.4 is 11.1 Å². The number of halogens is 4. The highest BCUT2D eigenvalue weighted by molar-refractivity contribution is 6.40. The number of anilines is 2. The van der Waals surface area contributed by atoms with Crippen LogP contribution in [0.3, 0.4) is 0 Å². The number of carbonyl (C=O) groups excluding carboxylic acids is 2. The maximum Gasteiger partial charge on any atom is 0.416 e. The van der Waals surface area contributed by atoms with Gasteiger partial charge >= 0.3 is 18.0 Å². The van der Waals surface area contributed by atoms with Crippen molar-refractivity contribution in [3.05, 3.63) is 47.5 Å². The molecule has 3 N–H and O–H groups in total. The molecule has 9 nitrogen and oxygen atoms in total. The number of nitrogen functional groups attached to an aromatic ring is 1. The van der Waals surface area contributed by atoms with E-state index in [2.05, 4.69) is 15.4 Å². The zero-order valence-corrected chi connectivity index (χ0v) is 18.6. The molecule has 2 aromatic heterocycles. The zero-order chi connectivity index (χ0) is 25.3. The van der Waals surface area contributed by atoms with Crippen LogP contribution in [0.25, 0.3) is 10.9 Å². The summed E-state index contributed by atoms with van der Waals surface area (Å²) in [6, 6.07) is 1.98. The number of pyridine rings is 1. The molecule has 0 spiro atoms. The van der Waals surface area contributed by atoms with Crippen molar-refractivity contribution in [2.75, 3.05) is 24.7 Å². The summed E-state index contributed by atoms with van der Waals surface area (Å²) < 4.78 is 59.7. The molecule has 0 bridgehead atoms. The Kier molecular flexibility index (Phi) is 6.61. The van der Waals surface area contributed by atoms with E-state index < -0.39 is 35.9 Å². The average molecular weight is 494 g/mol. The molecule has 1 aliphatic heterocycles. The number of nitrogens with two attached hydrogens (primary N) is 1. The topological polar surface area (TPSA) is 115 Å². The van der Waals surface area contributed by atoms with Crippen LogP contribution in [0, 0.1) is 5.82 Å². The molecule has 0 radical (unpaired) electrons. The Hall–Kier alpha value is -3.74. The fourth-order valence-electron chi connectivity index (χ4n) is 3.74. The Balaban J connectivity index is 1.49. The molecule has 13 heteroatoms. The van der Waals surface area contributed by atoms with E-state index in [1.807, 2.05) is 0 Å². The molecule has 1 atom stereocenters. The zero-order valence-electron chi connectivity index (χ0n) is 18.6. The highest BCUT2D eigenvalue weighted by atomic mass is 19.4. The van der Waals surface area contributed by atoms with Crippen molar-refractivity contribution in [3.63, 3.8) is 0 Å². The van der Waals surface area contributed by atoms with Crippen LogP contribution in [0.4, 0.5) is 29.1 Å². The summed E-state index contributed by atoms with van der Waals surface area (Å²) in [4.78, 5) is 30.1. The molecule has 3 aromatic rings. The Bertz CT molecular complexity index is 1270. The van der Waals surface area contributed by atoms with Gasteiger partial charge in [-0.15, -0.1) is 0 Å². The van der Waals surface area contributed by atoms with Gasteiger partial charge in [0, 0.05) is 32.0 Å². The number of ether oxygens (including phenoxy) is 1. The second-order valence-corrected chi connectivity index (χ2v) is 8.17. The summed E-state index contributed by atoms with van der Waals surface area (Å²) in [7, 11) is 1.23. The van der Waals surface area contributed by atoms with Crippen LogP contribution in [0.1, 0.15) is 36.6 Å². The molecule has 2 amide bonds. The van der Waals surface area contributed by atoms with Crippen LogP contribution in [-0.2, 0) is 27.0 Å². The highest BCUT2D eigenvalue weighted by Gasteiger charge is 2.31. The van der Waals surface area contributed by atoms with Gasteiger partial charge in [0.15, 0.2) is 0 Å². The Morgan fingerprint density at radius 1 is 1.31 bits per heavy atom. The fraction of sp³-hybridized carbons (Fsp3) is 0.364. The number of amides is 2. The lowest BCUT2D eigenvalue weighted by Gasteiger charge is -2.22. The van der Waals surface area contributed by atoms with Crippen molar-refractivity contribution in [2.24, 2.45) is 0 Å². The number of aromatic nitrogens is 3. The Morgan fingerprint density at radius 2 is 2.09 bits per heavy atom. The predicted octanol–water partition coefficient (Wildman–Crippen LogP) is 3.47. The lowest BCUT2D eigenvalue weighted by atomic mass is 10.1. The van der Waals surface area contributed by atoms with E-state index in [0.29, 0.717) is 29.6 Å². The first-order valence-corrected chi connectivity index (χ1v) is 10.7. The van der Waals surface area contributed by atoms with E-state index in [-0.39, 0.29) is 23.3 Å². The highest BCUT2D eigenvalue weighted by Crippen LogP contribution is 2.31. The largest absolute Gasteiger partial charge is 0.416 e. The lowest BCUT2D eigenvalue weighted by Crippen LogP contribution is -2.37. The molecule has 1 fully saturated rings. The number of carbonyl (C=O) groups is 2. The number of rotatable bonds is 4. The molecule has 186 valence electrons. The van der Waals surface area contributed by atoms with Gasteiger partial charge in [-0.05, 0) is 31.4 Å². The predicted molar refractivity (Wildman–Crippen MR) is 117 cm³/mol. The second-order valence-electron chi connectivity index (χ2n) is 8.17. The van der Waals surface area contributed by atoms with Crippen molar-refractivity contribution in [2.45, 2.75) is 38.2 Å². The summed E-state index contributed by atoms with van der Waals surface area (Å²) in [5.74, 6) is -3.05. The molecular weight excluding hydrogens is 472 g/mol. The summed E-state index contributed by atoms with van der Waals surface area (Å²) >= 11 is 0. The maximum atomic E-state index is 14.1. The van der Waals surface area contributed by atoms with Gasteiger partial charge in [-0.2, -0.15) is 18.3 Å². The first-order valence-electron chi connectivity index (χ1n) is 10.7. The minimum absolute atomic E-state index is 0.135. The summed E-state index contributed by atoms with van der Waals surface area (Å²) in [6.07, 6.45) is 0.613. The van der Waals surface area contributed by atoms with Gasteiger partial charge in [0.1, 0.15) is 23.4 Å². The molecule has 0 aliphatic carbocycles. The fourth-order valence-corrected chi connectivity index (χ4v) is 3.74. The third-order valence-corrected chi connectivity index (χ3v) is 5.62. The quantitative estimate of drug-likeness (QED) is 0.424. The summed E-state index contributed by atoms with van der Waals surface area (Å²) in [6.45, 7) is 0.178. The van der Waals surface area contributed by atoms with Crippen LogP contribution in [0.5, 0.6) is 0 Å². The lowest BCUT2D eigenvalue weighted by molar-refractivity contribution is -0.142. The van der Waals surface area contributed by atoms with E-state index in [1.165, 1.54) is 13.2 Å². The van der Waals surface area contributed by atoms with Crippen LogP contribution in [0.15, 0.2) is 30.6 Å². The molecule has 1 unspecified atom stereocenters. The number of hydrogen-bond donors (Lipinski definition) is 2. The van der Waals surface area contributed by atoms with Gasteiger partial charge in [-0.1, -0.05) is 6.07 Å². The van der Waals surface area contributed by atoms with E-state index >= 15 is 0 Å². The van der Waals surface area contributed by atoms with E-state index in [9.17, 15) is 27.2 Å². The van der Waals surface area contributed by atoms with E-state index in [4.69, 9.17) is 10.5 Å².